The molecule has 2 N–H and O–H groups in total. The Kier molecular flexibility index (Phi) is 9.39. The Bertz CT molecular complexity index is 1550. The third-order valence-electron chi connectivity index (χ3n) is 5.25. The van der Waals surface area contributed by atoms with E-state index in [1.165, 1.54) is 18.4 Å². The fourth-order valence-corrected chi connectivity index (χ4v) is 3.86. The molecular formula is C30H21BrClN3O4. The molecule has 0 saturated carbocycles. The molecule has 4 rings (SSSR count). The number of benzene rings is 4. The molecular weight excluding hydrogens is 582 g/mol. The third-order valence-corrected chi connectivity index (χ3v) is 6.00. The lowest BCUT2D eigenvalue weighted by molar-refractivity contribution is -0.128. The Morgan fingerprint density at radius 2 is 1.59 bits per heavy atom. The maximum atomic E-state index is 12.7. The van der Waals surface area contributed by atoms with Crippen LogP contribution in [0.15, 0.2) is 113 Å². The van der Waals surface area contributed by atoms with E-state index in [0.717, 1.165) is 10.0 Å². The number of nitrogens with one attached hydrogen (secondary N) is 2. The highest BCUT2D eigenvalue weighted by Crippen LogP contribution is 2.22. The Morgan fingerprint density at radius 3 is 2.36 bits per heavy atom. The Labute approximate surface area is 238 Å². The van der Waals surface area contributed by atoms with E-state index in [1.54, 1.807) is 66.7 Å². The largest absolute Gasteiger partial charge is 0.423 e. The van der Waals surface area contributed by atoms with Crippen molar-refractivity contribution in [2.24, 2.45) is 5.10 Å². The first-order valence-electron chi connectivity index (χ1n) is 11.6. The molecule has 0 radical (unpaired) electrons. The van der Waals surface area contributed by atoms with Gasteiger partial charge < -0.3 is 10.1 Å². The third kappa shape index (κ3) is 8.23. The number of ether oxygens (including phenoxy) is 1. The van der Waals surface area contributed by atoms with Crippen LogP contribution in [-0.4, -0.2) is 24.0 Å². The van der Waals surface area contributed by atoms with E-state index in [0.29, 0.717) is 21.8 Å². The fraction of sp³-hybridized carbons (Fsp3) is 0. The van der Waals surface area contributed by atoms with E-state index >= 15 is 0 Å². The number of amides is 2. The van der Waals surface area contributed by atoms with Crippen molar-refractivity contribution in [2.75, 3.05) is 5.32 Å². The van der Waals surface area contributed by atoms with Crippen molar-refractivity contribution in [3.05, 3.63) is 135 Å². The van der Waals surface area contributed by atoms with Gasteiger partial charge in [0.2, 0.25) is 0 Å². The van der Waals surface area contributed by atoms with Gasteiger partial charge in [-0.2, -0.15) is 5.10 Å². The number of nitrogens with zero attached hydrogens (tertiary/aromatic N) is 1. The zero-order valence-corrected chi connectivity index (χ0v) is 22.6. The maximum absolute atomic E-state index is 12.7. The molecule has 7 nitrogen and oxygen atoms in total. The Balaban J connectivity index is 1.39. The molecule has 0 saturated heterocycles. The van der Waals surface area contributed by atoms with Crippen molar-refractivity contribution in [2.45, 2.75) is 0 Å². The molecule has 0 aliphatic carbocycles. The standard InChI is InChI=1S/C30H21BrClN3O4/c31-24-12-15-27(39-28(36)16-9-20-5-2-1-3-6-20)23(17-24)19-33-35-30(38)22-7-4-8-26(18-22)34-29(37)21-10-13-25(32)14-11-21/h1-19H,(H,34,37)(H,35,38)/b16-9+,33-19?. The van der Waals surface area contributed by atoms with Crippen LogP contribution >= 0.6 is 27.5 Å². The number of rotatable bonds is 8. The van der Waals surface area contributed by atoms with Crippen LogP contribution in [0.3, 0.4) is 0 Å². The Morgan fingerprint density at radius 1 is 0.821 bits per heavy atom. The molecule has 0 bridgehead atoms. The number of anilines is 1. The van der Waals surface area contributed by atoms with Gasteiger partial charge in [-0.3, -0.25) is 9.59 Å². The van der Waals surface area contributed by atoms with E-state index < -0.39 is 11.9 Å². The summed E-state index contributed by atoms with van der Waals surface area (Å²) < 4.78 is 6.20. The smallest absolute Gasteiger partial charge is 0.336 e. The minimum absolute atomic E-state index is 0.269. The van der Waals surface area contributed by atoms with E-state index in [1.807, 2.05) is 30.3 Å². The van der Waals surface area contributed by atoms with Gasteiger partial charge in [-0.1, -0.05) is 63.9 Å². The average Bonchev–Trinajstić information content (AvgIpc) is 2.94. The van der Waals surface area contributed by atoms with Crippen molar-refractivity contribution in [1.82, 2.24) is 5.43 Å². The summed E-state index contributed by atoms with van der Waals surface area (Å²) in [7, 11) is 0. The second-order valence-electron chi connectivity index (χ2n) is 8.09. The van der Waals surface area contributed by atoms with Gasteiger partial charge in [0.25, 0.3) is 11.8 Å². The SMILES string of the molecule is O=C(/C=C/c1ccccc1)Oc1ccc(Br)cc1C=NNC(=O)c1cccc(NC(=O)c2ccc(Cl)cc2)c1. The van der Waals surface area contributed by atoms with Crippen LogP contribution in [0.2, 0.25) is 5.02 Å². The van der Waals surface area contributed by atoms with E-state index in [2.05, 4.69) is 31.8 Å². The highest BCUT2D eigenvalue weighted by molar-refractivity contribution is 9.10. The van der Waals surface area contributed by atoms with Crippen molar-refractivity contribution in [3.8, 4) is 5.75 Å². The van der Waals surface area contributed by atoms with Crippen LogP contribution in [0.25, 0.3) is 6.08 Å². The molecule has 0 aliphatic heterocycles. The summed E-state index contributed by atoms with van der Waals surface area (Å²) >= 11 is 9.26. The van der Waals surface area contributed by atoms with E-state index in [-0.39, 0.29) is 17.2 Å². The summed E-state index contributed by atoms with van der Waals surface area (Å²) in [4.78, 5) is 37.5. The number of carbonyl (C=O) groups is 3. The van der Waals surface area contributed by atoms with Gasteiger partial charge in [-0.25, -0.2) is 10.2 Å². The van der Waals surface area contributed by atoms with Crippen LogP contribution < -0.4 is 15.5 Å². The maximum Gasteiger partial charge on any atom is 0.336 e. The number of hydrazone groups is 1. The van der Waals surface area contributed by atoms with Gasteiger partial charge in [0.1, 0.15) is 5.75 Å². The van der Waals surface area contributed by atoms with E-state index in [4.69, 9.17) is 16.3 Å². The minimum atomic E-state index is -0.558. The van der Waals surface area contributed by atoms with Gasteiger partial charge in [0, 0.05) is 37.9 Å². The zero-order chi connectivity index (χ0) is 27.6. The highest BCUT2D eigenvalue weighted by Gasteiger charge is 2.10. The second kappa shape index (κ2) is 13.3. The summed E-state index contributed by atoms with van der Waals surface area (Å²) in [5.74, 6) is -1.12. The van der Waals surface area contributed by atoms with Crippen molar-refractivity contribution in [1.29, 1.82) is 0 Å². The first-order valence-corrected chi connectivity index (χ1v) is 12.8. The molecule has 0 aliphatic rings. The highest BCUT2D eigenvalue weighted by atomic mass is 79.9. The van der Waals surface area contributed by atoms with Gasteiger partial charge in [0.05, 0.1) is 6.21 Å². The lowest BCUT2D eigenvalue weighted by atomic mass is 10.1. The summed E-state index contributed by atoms with van der Waals surface area (Å²) in [5, 5.41) is 7.29. The first kappa shape index (κ1) is 27.5. The average molecular weight is 603 g/mol. The van der Waals surface area contributed by atoms with Crippen LogP contribution in [-0.2, 0) is 4.79 Å². The normalized spacial score (nSPS) is 10.9. The van der Waals surface area contributed by atoms with Crippen molar-refractivity contribution >= 4 is 63.3 Å². The molecule has 0 spiro atoms. The molecule has 0 fully saturated rings. The molecule has 0 aromatic heterocycles. The Hall–Kier alpha value is -4.53. The predicted molar refractivity (Wildman–Crippen MR) is 156 cm³/mol. The number of hydrogen-bond donors (Lipinski definition) is 2. The molecule has 194 valence electrons. The molecule has 0 heterocycles. The monoisotopic (exact) mass is 601 g/mol. The lowest BCUT2D eigenvalue weighted by Crippen LogP contribution is -2.18. The van der Waals surface area contributed by atoms with Crippen LogP contribution in [0.5, 0.6) is 5.75 Å². The fourth-order valence-electron chi connectivity index (χ4n) is 3.35. The topological polar surface area (TPSA) is 96.9 Å². The number of esters is 1. The van der Waals surface area contributed by atoms with E-state index in [9.17, 15) is 14.4 Å². The quantitative estimate of drug-likeness (QED) is 0.0768. The lowest BCUT2D eigenvalue weighted by Gasteiger charge is -2.08. The van der Waals surface area contributed by atoms with Crippen LogP contribution in [0.1, 0.15) is 31.8 Å². The molecule has 39 heavy (non-hydrogen) atoms. The molecule has 4 aromatic carbocycles. The summed E-state index contributed by atoms with van der Waals surface area (Å²) in [6.07, 6.45) is 4.36. The minimum Gasteiger partial charge on any atom is -0.423 e. The number of halogens is 2. The van der Waals surface area contributed by atoms with Gasteiger partial charge >= 0.3 is 5.97 Å². The van der Waals surface area contributed by atoms with Gasteiger partial charge in [-0.05, 0) is 72.3 Å². The summed E-state index contributed by atoms with van der Waals surface area (Å²) in [5.41, 5.74) is 4.93. The van der Waals surface area contributed by atoms with Gasteiger partial charge in [0.15, 0.2) is 0 Å². The van der Waals surface area contributed by atoms with Crippen molar-refractivity contribution < 1.29 is 19.1 Å². The first-order chi connectivity index (χ1) is 18.9. The molecule has 9 heteroatoms. The summed E-state index contributed by atoms with van der Waals surface area (Å²) in [6, 6.07) is 27.3. The number of carbonyl (C=O) groups excluding carboxylic acids is 3. The predicted octanol–water partition coefficient (Wildman–Crippen LogP) is 6.74. The molecule has 0 atom stereocenters. The molecule has 0 unspecified atom stereocenters. The number of hydrogen-bond acceptors (Lipinski definition) is 5. The van der Waals surface area contributed by atoms with Crippen molar-refractivity contribution in [3.63, 3.8) is 0 Å². The molecule has 4 aromatic rings. The van der Waals surface area contributed by atoms with Crippen LogP contribution in [0.4, 0.5) is 5.69 Å². The zero-order valence-electron chi connectivity index (χ0n) is 20.3. The second-order valence-corrected chi connectivity index (χ2v) is 9.44. The summed E-state index contributed by atoms with van der Waals surface area (Å²) in [6.45, 7) is 0. The van der Waals surface area contributed by atoms with Crippen LogP contribution in [0, 0.1) is 0 Å². The molecule has 2 amide bonds. The van der Waals surface area contributed by atoms with Gasteiger partial charge in [-0.15, -0.1) is 0 Å².